The normalized spacial score (nSPS) is 9.74. The molecule has 0 fully saturated rings. The van der Waals surface area contributed by atoms with Crippen LogP contribution >= 0.6 is 0 Å². The summed E-state index contributed by atoms with van der Waals surface area (Å²) in [5.41, 5.74) is 3.00. The number of hydrogen-bond donors (Lipinski definition) is 1. The molecule has 0 aliphatic carbocycles. The Morgan fingerprint density at radius 2 is 1.95 bits per heavy atom. The average molecular weight is 251 g/mol. The number of hydrogen-bond acceptors (Lipinski definition) is 3. The van der Waals surface area contributed by atoms with Gasteiger partial charge in [-0.3, -0.25) is 9.78 Å². The van der Waals surface area contributed by atoms with Crippen LogP contribution in [0.3, 0.4) is 0 Å². The Morgan fingerprint density at radius 3 is 2.63 bits per heavy atom. The van der Waals surface area contributed by atoms with Crippen molar-refractivity contribution in [2.24, 2.45) is 0 Å². The lowest BCUT2D eigenvalue weighted by atomic mass is 10.1. The summed E-state index contributed by atoms with van der Waals surface area (Å²) in [5, 5.41) is 11.7. The molecule has 0 atom stereocenters. The summed E-state index contributed by atoms with van der Waals surface area (Å²) in [6, 6.07) is 12.5. The first-order valence-corrected chi connectivity index (χ1v) is 5.86. The zero-order chi connectivity index (χ0) is 13.8. The molecule has 0 aliphatic heterocycles. The molecule has 0 unspecified atom stereocenters. The van der Waals surface area contributed by atoms with Gasteiger partial charge < -0.3 is 5.32 Å². The third kappa shape index (κ3) is 2.78. The fourth-order valence-corrected chi connectivity index (χ4v) is 1.81. The van der Waals surface area contributed by atoms with E-state index >= 15 is 0 Å². The van der Waals surface area contributed by atoms with Crippen molar-refractivity contribution in [1.29, 1.82) is 5.26 Å². The van der Waals surface area contributed by atoms with Gasteiger partial charge in [-0.25, -0.2) is 0 Å². The van der Waals surface area contributed by atoms with E-state index in [1.165, 1.54) is 0 Å². The van der Waals surface area contributed by atoms with Crippen LogP contribution in [0.4, 0.5) is 5.69 Å². The van der Waals surface area contributed by atoms with Crippen LogP contribution in [0.15, 0.2) is 36.4 Å². The molecule has 1 heterocycles. The second-order valence-corrected chi connectivity index (χ2v) is 4.20. The van der Waals surface area contributed by atoms with Gasteiger partial charge in [-0.2, -0.15) is 5.26 Å². The Bertz CT molecular complexity index is 671. The summed E-state index contributed by atoms with van der Waals surface area (Å²) in [4.78, 5) is 16.4. The number of pyridine rings is 1. The zero-order valence-electron chi connectivity index (χ0n) is 10.8. The minimum Gasteiger partial charge on any atom is -0.321 e. The van der Waals surface area contributed by atoms with Gasteiger partial charge in [0.2, 0.25) is 0 Å². The van der Waals surface area contributed by atoms with Crippen molar-refractivity contribution >= 4 is 11.6 Å². The maximum absolute atomic E-state index is 12.2. The van der Waals surface area contributed by atoms with Gasteiger partial charge in [0.05, 0.1) is 22.5 Å². The summed E-state index contributed by atoms with van der Waals surface area (Å²) in [6.07, 6.45) is 0. The third-order valence-electron chi connectivity index (χ3n) is 2.77. The summed E-state index contributed by atoms with van der Waals surface area (Å²) in [6.45, 7) is 3.66. The van der Waals surface area contributed by atoms with E-state index in [2.05, 4.69) is 10.3 Å². The lowest BCUT2D eigenvalue weighted by molar-refractivity contribution is 0.102. The van der Waals surface area contributed by atoms with Gasteiger partial charge in [-0.15, -0.1) is 0 Å². The number of para-hydroxylation sites is 1. The van der Waals surface area contributed by atoms with Crippen LogP contribution in [0.25, 0.3) is 0 Å². The van der Waals surface area contributed by atoms with E-state index in [4.69, 9.17) is 5.26 Å². The smallest absolute Gasteiger partial charge is 0.257 e. The molecule has 0 saturated heterocycles. The van der Waals surface area contributed by atoms with Crippen molar-refractivity contribution < 1.29 is 4.79 Å². The Kier molecular flexibility index (Phi) is 3.58. The van der Waals surface area contributed by atoms with E-state index < -0.39 is 0 Å². The Labute approximate surface area is 111 Å². The van der Waals surface area contributed by atoms with Gasteiger partial charge >= 0.3 is 0 Å². The highest BCUT2D eigenvalue weighted by Gasteiger charge is 2.11. The number of nitrogens with one attached hydrogen (secondary N) is 1. The molecular weight excluding hydrogens is 238 g/mol. The molecule has 0 bridgehead atoms. The van der Waals surface area contributed by atoms with Gasteiger partial charge in [-0.05, 0) is 38.1 Å². The fraction of sp³-hybridized carbons (Fsp3) is 0.133. The SMILES string of the molecule is Cc1ccc(C(=O)Nc2ccccc2C#N)c(C)n1. The maximum atomic E-state index is 12.2. The first-order chi connectivity index (χ1) is 9.11. The molecule has 4 nitrogen and oxygen atoms in total. The predicted octanol–water partition coefficient (Wildman–Crippen LogP) is 2.82. The molecule has 4 heteroatoms. The van der Waals surface area contributed by atoms with Crippen LogP contribution < -0.4 is 5.32 Å². The molecule has 1 N–H and O–H groups in total. The van der Waals surface area contributed by atoms with Crippen molar-refractivity contribution in [2.45, 2.75) is 13.8 Å². The molecule has 94 valence electrons. The minimum atomic E-state index is -0.257. The third-order valence-corrected chi connectivity index (χ3v) is 2.77. The van der Waals surface area contributed by atoms with Crippen molar-refractivity contribution in [3.8, 4) is 6.07 Å². The number of nitriles is 1. The van der Waals surface area contributed by atoms with Crippen molar-refractivity contribution in [1.82, 2.24) is 4.98 Å². The van der Waals surface area contributed by atoms with Crippen LogP contribution in [0.5, 0.6) is 0 Å². The van der Waals surface area contributed by atoms with Gasteiger partial charge in [0.15, 0.2) is 0 Å². The van der Waals surface area contributed by atoms with E-state index in [9.17, 15) is 4.79 Å². The highest BCUT2D eigenvalue weighted by molar-refractivity contribution is 6.05. The van der Waals surface area contributed by atoms with Crippen molar-refractivity contribution in [3.05, 3.63) is 58.9 Å². The first kappa shape index (κ1) is 12.8. The molecule has 1 aromatic heterocycles. The van der Waals surface area contributed by atoms with Gasteiger partial charge in [-0.1, -0.05) is 12.1 Å². The van der Waals surface area contributed by atoms with E-state index in [1.807, 2.05) is 13.0 Å². The van der Waals surface area contributed by atoms with Gasteiger partial charge in [0.25, 0.3) is 5.91 Å². The number of carbonyl (C=O) groups is 1. The highest BCUT2D eigenvalue weighted by atomic mass is 16.1. The Balaban J connectivity index is 2.29. The number of amides is 1. The quantitative estimate of drug-likeness (QED) is 0.892. The second kappa shape index (κ2) is 5.32. The Morgan fingerprint density at radius 1 is 1.21 bits per heavy atom. The van der Waals surface area contributed by atoms with Crippen LogP contribution in [-0.2, 0) is 0 Å². The molecule has 0 saturated carbocycles. The molecule has 1 amide bonds. The van der Waals surface area contributed by atoms with Crippen molar-refractivity contribution in [3.63, 3.8) is 0 Å². The van der Waals surface area contributed by atoms with E-state index in [0.29, 0.717) is 22.5 Å². The predicted molar refractivity (Wildman–Crippen MR) is 72.8 cm³/mol. The summed E-state index contributed by atoms with van der Waals surface area (Å²) < 4.78 is 0. The monoisotopic (exact) mass is 251 g/mol. The Hall–Kier alpha value is -2.67. The van der Waals surface area contributed by atoms with Crippen LogP contribution in [0, 0.1) is 25.2 Å². The lowest BCUT2D eigenvalue weighted by Gasteiger charge is -2.08. The molecule has 19 heavy (non-hydrogen) atoms. The number of aryl methyl sites for hydroxylation is 2. The first-order valence-electron chi connectivity index (χ1n) is 5.86. The molecule has 0 aliphatic rings. The maximum Gasteiger partial charge on any atom is 0.257 e. The number of anilines is 1. The largest absolute Gasteiger partial charge is 0.321 e. The zero-order valence-corrected chi connectivity index (χ0v) is 10.8. The standard InChI is InChI=1S/C15H13N3O/c1-10-7-8-13(11(2)17-10)15(19)18-14-6-4-3-5-12(14)9-16/h3-8H,1-2H3,(H,18,19). The summed E-state index contributed by atoms with van der Waals surface area (Å²) in [5.74, 6) is -0.257. The summed E-state index contributed by atoms with van der Waals surface area (Å²) >= 11 is 0. The topological polar surface area (TPSA) is 65.8 Å². The van der Waals surface area contributed by atoms with E-state index in [0.717, 1.165) is 5.69 Å². The van der Waals surface area contributed by atoms with E-state index in [-0.39, 0.29) is 5.91 Å². The molecule has 1 aromatic carbocycles. The van der Waals surface area contributed by atoms with Gasteiger partial charge in [0, 0.05) is 5.69 Å². The highest BCUT2D eigenvalue weighted by Crippen LogP contribution is 2.16. The molecule has 0 spiro atoms. The lowest BCUT2D eigenvalue weighted by Crippen LogP contribution is -2.15. The van der Waals surface area contributed by atoms with Crippen molar-refractivity contribution in [2.75, 3.05) is 5.32 Å². The number of benzene rings is 1. The average Bonchev–Trinajstić information content (AvgIpc) is 2.39. The van der Waals surface area contributed by atoms with Crippen LogP contribution in [0.2, 0.25) is 0 Å². The molecule has 2 aromatic rings. The van der Waals surface area contributed by atoms with Gasteiger partial charge in [0.1, 0.15) is 6.07 Å². The van der Waals surface area contributed by atoms with Crippen LogP contribution in [-0.4, -0.2) is 10.9 Å². The summed E-state index contributed by atoms with van der Waals surface area (Å²) in [7, 11) is 0. The fourth-order valence-electron chi connectivity index (χ4n) is 1.81. The molecular formula is C15H13N3O. The number of aromatic nitrogens is 1. The van der Waals surface area contributed by atoms with Crippen LogP contribution in [0.1, 0.15) is 27.3 Å². The number of nitrogens with zero attached hydrogens (tertiary/aromatic N) is 2. The number of rotatable bonds is 2. The molecule has 2 rings (SSSR count). The second-order valence-electron chi connectivity index (χ2n) is 4.20. The minimum absolute atomic E-state index is 0.257. The van der Waals surface area contributed by atoms with E-state index in [1.54, 1.807) is 43.3 Å². The number of carbonyl (C=O) groups excluding carboxylic acids is 1. The molecule has 0 radical (unpaired) electrons.